The molecule has 3 rings (SSSR count). The predicted molar refractivity (Wildman–Crippen MR) is 113 cm³/mol. The molecule has 3 heteroatoms. The summed E-state index contributed by atoms with van der Waals surface area (Å²) in [4.78, 5) is 0. The summed E-state index contributed by atoms with van der Waals surface area (Å²) in [7, 11) is 0. The summed E-state index contributed by atoms with van der Waals surface area (Å²) < 4.78 is 5.91. The fraction of sp³-hybridized carbons (Fsp3) is 0.250. The van der Waals surface area contributed by atoms with Crippen molar-refractivity contribution in [3.8, 4) is 5.75 Å². The summed E-state index contributed by atoms with van der Waals surface area (Å²) >= 11 is 6.19. The molecule has 0 spiro atoms. The van der Waals surface area contributed by atoms with Crippen molar-refractivity contribution < 1.29 is 4.74 Å². The highest BCUT2D eigenvalue weighted by Gasteiger charge is 2.04. The molecule has 0 aliphatic rings. The van der Waals surface area contributed by atoms with Gasteiger partial charge in [-0.1, -0.05) is 72.3 Å². The number of aryl methyl sites for hydroxylation is 1. The summed E-state index contributed by atoms with van der Waals surface area (Å²) in [6.07, 6.45) is 2.21. The highest BCUT2D eigenvalue weighted by molar-refractivity contribution is 6.31. The van der Waals surface area contributed by atoms with Gasteiger partial charge in [-0.15, -0.1) is 0 Å². The Bertz CT molecular complexity index is 835. The first-order valence-electron chi connectivity index (χ1n) is 9.43. The summed E-state index contributed by atoms with van der Waals surface area (Å²) in [6.45, 7) is 3.55. The molecule has 0 bridgehead atoms. The largest absolute Gasteiger partial charge is 0.489 e. The summed E-state index contributed by atoms with van der Waals surface area (Å²) in [5.41, 5.74) is 3.61. The van der Waals surface area contributed by atoms with Crippen LogP contribution in [0.1, 0.15) is 30.0 Å². The molecule has 27 heavy (non-hydrogen) atoms. The lowest BCUT2D eigenvalue weighted by Gasteiger charge is -2.15. The van der Waals surface area contributed by atoms with Crippen LogP contribution in [0.5, 0.6) is 5.75 Å². The normalized spacial score (nSPS) is 11.9. The molecular weight excluding hydrogens is 354 g/mol. The maximum absolute atomic E-state index is 6.19. The van der Waals surface area contributed by atoms with Gasteiger partial charge in [-0.25, -0.2) is 0 Å². The maximum atomic E-state index is 6.19. The van der Waals surface area contributed by atoms with Crippen molar-refractivity contribution in [2.75, 3.05) is 0 Å². The molecule has 0 fully saturated rings. The first-order valence-corrected chi connectivity index (χ1v) is 9.81. The van der Waals surface area contributed by atoms with E-state index in [2.05, 4.69) is 54.7 Å². The third-order valence-corrected chi connectivity index (χ3v) is 4.98. The molecule has 2 nitrogen and oxygen atoms in total. The molecule has 0 amide bonds. The van der Waals surface area contributed by atoms with E-state index in [0.717, 1.165) is 35.7 Å². The van der Waals surface area contributed by atoms with Gasteiger partial charge in [0.1, 0.15) is 12.4 Å². The minimum atomic E-state index is 0.456. The van der Waals surface area contributed by atoms with E-state index in [4.69, 9.17) is 16.3 Å². The Labute approximate surface area is 167 Å². The number of hydrogen-bond donors (Lipinski definition) is 1. The van der Waals surface area contributed by atoms with E-state index in [1.54, 1.807) is 0 Å². The topological polar surface area (TPSA) is 21.3 Å². The average molecular weight is 380 g/mol. The van der Waals surface area contributed by atoms with Crippen LogP contribution < -0.4 is 10.1 Å². The second-order valence-corrected chi connectivity index (χ2v) is 7.24. The second-order valence-electron chi connectivity index (χ2n) is 6.83. The van der Waals surface area contributed by atoms with Gasteiger partial charge in [0, 0.05) is 23.2 Å². The first-order chi connectivity index (χ1) is 13.2. The number of hydrogen-bond acceptors (Lipinski definition) is 2. The van der Waals surface area contributed by atoms with E-state index in [9.17, 15) is 0 Å². The Kier molecular flexibility index (Phi) is 7.32. The smallest absolute Gasteiger partial charge is 0.120 e. The number of ether oxygens (including phenoxy) is 1. The Morgan fingerprint density at radius 3 is 2.44 bits per heavy atom. The summed E-state index contributed by atoms with van der Waals surface area (Å²) in [5.74, 6) is 0.867. The van der Waals surface area contributed by atoms with Gasteiger partial charge < -0.3 is 10.1 Å². The molecule has 3 aromatic rings. The number of rotatable bonds is 9. The van der Waals surface area contributed by atoms with Crippen LogP contribution in [-0.2, 0) is 19.6 Å². The van der Waals surface area contributed by atoms with Gasteiger partial charge in [0.15, 0.2) is 0 Å². The van der Waals surface area contributed by atoms with Crippen LogP contribution in [0.15, 0.2) is 78.9 Å². The van der Waals surface area contributed by atoms with E-state index in [-0.39, 0.29) is 0 Å². The molecule has 3 aromatic carbocycles. The Balaban J connectivity index is 1.46. The van der Waals surface area contributed by atoms with Gasteiger partial charge in [0.05, 0.1) is 0 Å². The Hall–Kier alpha value is -2.29. The van der Waals surface area contributed by atoms with E-state index >= 15 is 0 Å². The fourth-order valence-electron chi connectivity index (χ4n) is 2.94. The molecule has 0 heterocycles. The first kappa shape index (κ1) is 19.5. The van der Waals surface area contributed by atoms with Gasteiger partial charge in [0.2, 0.25) is 0 Å². The zero-order chi connectivity index (χ0) is 18.9. The number of nitrogens with one attached hydrogen (secondary N) is 1. The molecule has 0 aliphatic carbocycles. The third-order valence-electron chi connectivity index (χ3n) is 4.61. The van der Waals surface area contributed by atoms with Crippen molar-refractivity contribution >= 4 is 11.6 Å². The monoisotopic (exact) mass is 379 g/mol. The zero-order valence-electron chi connectivity index (χ0n) is 15.7. The number of halogens is 1. The van der Waals surface area contributed by atoms with Crippen molar-refractivity contribution in [3.63, 3.8) is 0 Å². The molecule has 0 aliphatic heterocycles. The van der Waals surface area contributed by atoms with E-state index in [0.29, 0.717) is 12.6 Å². The van der Waals surface area contributed by atoms with Crippen LogP contribution in [0, 0.1) is 0 Å². The lowest BCUT2D eigenvalue weighted by molar-refractivity contribution is 0.306. The minimum Gasteiger partial charge on any atom is -0.489 e. The molecule has 1 N–H and O–H groups in total. The lowest BCUT2D eigenvalue weighted by Crippen LogP contribution is -2.25. The fourth-order valence-corrected chi connectivity index (χ4v) is 3.13. The summed E-state index contributed by atoms with van der Waals surface area (Å²) in [6, 6.07) is 27.1. The lowest BCUT2D eigenvalue weighted by atomic mass is 10.1. The van der Waals surface area contributed by atoms with Crippen LogP contribution in [0.4, 0.5) is 0 Å². The van der Waals surface area contributed by atoms with E-state index in [1.807, 2.05) is 36.4 Å². The van der Waals surface area contributed by atoms with Crippen LogP contribution in [0.3, 0.4) is 0 Å². The van der Waals surface area contributed by atoms with Crippen LogP contribution in [0.25, 0.3) is 0 Å². The quantitative estimate of drug-likeness (QED) is 0.490. The highest BCUT2D eigenvalue weighted by Crippen LogP contribution is 2.19. The molecule has 140 valence electrons. The molecule has 0 radical (unpaired) electrons. The van der Waals surface area contributed by atoms with Crippen molar-refractivity contribution in [1.82, 2.24) is 5.32 Å². The van der Waals surface area contributed by atoms with Crippen LogP contribution >= 0.6 is 11.6 Å². The Morgan fingerprint density at radius 1 is 0.889 bits per heavy atom. The van der Waals surface area contributed by atoms with Gasteiger partial charge in [0.25, 0.3) is 0 Å². The van der Waals surface area contributed by atoms with Crippen molar-refractivity contribution in [3.05, 3.63) is 101 Å². The standard InChI is InChI=1S/C24H26ClNO/c1-19(14-15-20-8-3-2-4-9-20)26-17-21-10-7-12-23(16-21)27-18-22-11-5-6-13-24(22)25/h2-13,16,19,26H,14-15,17-18H2,1H3/t19-/m1/s1. The molecule has 1 atom stereocenters. The van der Waals surface area contributed by atoms with Crippen LogP contribution in [0.2, 0.25) is 5.02 Å². The second kappa shape index (κ2) is 10.1. The highest BCUT2D eigenvalue weighted by atomic mass is 35.5. The molecule has 0 saturated carbocycles. The van der Waals surface area contributed by atoms with Gasteiger partial charge in [-0.3, -0.25) is 0 Å². The van der Waals surface area contributed by atoms with Crippen LogP contribution in [-0.4, -0.2) is 6.04 Å². The van der Waals surface area contributed by atoms with Crippen molar-refractivity contribution in [2.45, 2.75) is 39.0 Å². The molecule has 0 unspecified atom stereocenters. The van der Waals surface area contributed by atoms with Crippen molar-refractivity contribution in [1.29, 1.82) is 0 Å². The summed E-state index contributed by atoms with van der Waals surface area (Å²) in [5, 5.41) is 4.34. The predicted octanol–water partition coefficient (Wildman–Crippen LogP) is 6.03. The number of benzene rings is 3. The Morgan fingerprint density at radius 2 is 1.63 bits per heavy atom. The molecule has 0 saturated heterocycles. The van der Waals surface area contributed by atoms with Gasteiger partial charge >= 0.3 is 0 Å². The van der Waals surface area contributed by atoms with Gasteiger partial charge in [-0.2, -0.15) is 0 Å². The van der Waals surface area contributed by atoms with Gasteiger partial charge in [-0.05, 0) is 49.1 Å². The van der Waals surface area contributed by atoms with E-state index < -0.39 is 0 Å². The molecular formula is C24H26ClNO. The minimum absolute atomic E-state index is 0.456. The average Bonchev–Trinajstić information content (AvgIpc) is 2.71. The zero-order valence-corrected chi connectivity index (χ0v) is 16.5. The van der Waals surface area contributed by atoms with Crippen molar-refractivity contribution in [2.24, 2.45) is 0 Å². The SMILES string of the molecule is C[C@H](CCc1ccccc1)NCc1cccc(OCc2ccccc2Cl)c1. The third kappa shape index (κ3) is 6.42. The van der Waals surface area contributed by atoms with E-state index in [1.165, 1.54) is 11.1 Å². The molecule has 0 aromatic heterocycles. The maximum Gasteiger partial charge on any atom is 0.120 e.